The van der Waals surface area contributed by atoms with E-state index < -0.39 is 11.6 Å². The van der Waals surface area contributed by atoms with Crippen molar-refractivity contribution in [3.8, 4) is 17.5 Å². The van der Waals surface area contributed by atoms with Gasteiger partial charge in [0.15, 0.2) is 11.5 Å². The Labute approximate surface area is 187 Å². The molecule has 33 heavy (non-hydrogen) atoms. The van der Waals surface area contributed by atoms with E-state index in [0.29, 0.717) is 41.9 Å². The largest absolute Gasteiger partial charge is 0.340 e. The van der Waals surface area contributed by atoms with Crippen LogP contribution in [-0.2, 0) is 4.79 Å². The van der Waals surface area contributed by atoms with Gasteiger partial charge in [-0.25, -0.2) is 23.8 Å². The summed E-state index contributed by atoms with van der Waals surface area (Å²) in [7, 11) is 0. The van der Waals surface area contributed by atoms with Gasteiger partial charge in [0.2, 0.25) is 11.8 Å². The third-order valence-electron chi connectivity index (χ3n) is 5.94. The van der Waals surface area contributed by atoms with E-state index in [0.717, 1.165) is 10.1 Å². The summed E-state index contributed by atoms with van der Waals surface area (Å²) in [4.78, 5) is 48.6. The maximum Gasteiger partial charge on any atom is 0.337 e. The molecule has 0 aliphatic carbocycles. The van der Waals surface area contributed by atoms with E-state index in [-0.39, 0.29) is 24.9 Å². The number of amides is 1. The highest BCUT2D eigenvalue weighted by Crippen LogP contribution is 2.27. The van der Waals surface area contributed by atoms with E-state index in [9.17, 15) is 14.4 Å². The van der Waals surface area contributed by atoms with Gasteiger partial charge in [0.05, 0.1) is 35.6 Å². The monoisotopic (exact) mass is 444 g/mol. The molecule has 1 saturated heterocycles. The zero-order chi connectivity index (χ0) is 23.1. The number of carbonyl (C=O) groups is 2. The van der Waals surface area contributed by atoms with Gasteiger partial charge in [0, 0.05) is 26.2 Å². The molecule has 0 aromatic carbocycles. The summed E-state index contributed by atoms with van der Waals surface area (Å²) in [6.07, 6.45) is 6.05. The second-order valence-corrected chi connectivity index (χ2v) is 7.97. The molecule has 1 atom stereocenters. The lowest BCUT2D eigenvalue weighted by atomic mass is 10.1. The Morgan fingerprint density at radius 3 is 2.88 bits per heavy atom. The summed E-state index contributed by atoms with van der Waals surface area (Å²) in [6, 6.07) is 7.15. The van der Waals surface area contributed by atoms with Gasteiger partial charge in [-0.3, -0.25) is 14.2 Å². The predicted molar refractivity (Wildman–Crippen MR) is 117 cm³/mol. The Morgan fingerprint density at radius 2 is 2.09 bits per heavy atom. The first-order valence-electron chi connectivity index (χ1n) is 10.6. The second kappa shape index (κ2) is 7.98. The summed E-state index contributed by atoms with van der Waals surface area (Å²) in [5.41, 5.74) is 1.64. The molecule has 1 fully saturated rings. The Morgan fingerprint density at radius 1 is 1.24 bits per heavy atom. The number of piperidine rings is 1. The highest BCUT2D eigenvalue weighted by Gasteiger charge is 2.30. The number of pyridine rings is 1. The van der Waals surface area contributed by atoms with E-state index in [1.165, 1.54) is 17.7 Å². The van der Waals surface area contributed by atoms with E-state index in [1.54, 1.807) is 15.6 Å². The number of nitrogens with zero attached hydrogens (tertiary/aromatic N) is 8. The van der Waals surface area contributed by atoms with Crippen molar-refractivity contribution >= 4 is 28.5 Å². The highest BCUT2D eigenvalue weighted by atomic mass is 16.2. The minimum absolute atomic E-state index is 0.210. The molecule has 4 aromatic rings. The van der Waals surface area contributed by atoms with Gasteiger partial charge in [-0.1, -0.05) is 6.07 Å². The minimum atomic E-state index is -0.511. The van der Waals surface area contributed by atoms with Crippen LogP contribution >= 0.6 is 0 Å². The molecule has 1 aliphatic heterocycles. The van der Waals surface area contributed by atoms with Gasteiger partial charge in [-0.05, 0) is 25.0 Å². The number of rotatable bonds is 3. The van der Waals surface area contributed by atoms with Crippen molar-refractivity contribution in [2.75, 3.05) is 13.1 Å². The van der Waals surface area contributed by atoms with E-state index in [1.807, 2.05) is 30.5 Å². The highest BCUT2D eigenvalue weighted by molar-refractivity contribution is 5.88. The minimum Gasteiger partial charge on any atom is -0.340 e. The fourth-order valence-corrected chi connectivity index (χ4v) is 4.44. The van der Waals surface area contributed by atoms with Crippen LogP contribution in [0.1, 0.15) is 37.0 Å². The number of fused-ring (bicyclic) bond motifs is 2. The van der Waals surface area contributed by atoms with Gasteiger partial charge in [0.25, 0.3) is 0 Å². The van der Waals surface area contributed by atoms with Crippen molar-refractivity contribution in [3.63, 3.8) is 0 Å². The average molecular weight is 444 g/mol. The van der Waals surface area contributed by atoms with Gasteiger partial charge in [0.1, 0.15) is 11.9 Å². The number of hydrogen-bond donors (Lipinski definition) is 0. The molecular formula is C22H20N8O3. The average Bonchev–Trinajstić information content (AvgIpc) is 3.37. The van der Waals surface area contributed by atoms with Crippen molar-refractivity contribution in [1.29, 1.82) is 5.26 Å². The molecule has 0 radical (unpaired) electrons. The normalized spacial score (nSPS) is 16.2. The third kappa shape index (κ3) is 3.36. The number of likely N-dealkylation sites (tertiary alicyclic amines) is 1. The number of imidazole rings is 1. The maximum absolute atomic E-state index is 13.3. The van der Waals surface area contributed by atoms with Gasteiger partial charge in [-0.15, -0.1) is 0 Å². The second-order valence-electron chi connectivity index (χ2n) is 7.97. The summed E-state index contributed by atoms with van der Waals surface area (Å²) >= 11 is 0. The molecule has 5 rings (SSSR count). The van der Waals surface area contributed by atoms with E-state index in [4.69, 9.17) is 5.26 Å². The molecule has 5 heterocycles. The lowest BCUT2D eigenvalue weighted by molar-refractivity contribution is -0.131. The molecule has 4 aromatic heterocycles. The molecule has 11 nitrogen and oxygen atoms in total. The molecule has 0 N–H and O–H groups in total. The number of nitriles is 1. The maximum atomic E-state index is 13.3. The van der Waals surface area contributed by atoms with Crippen molar-refractivity contribution in [2.45, 2.75) is 32.2 Å². The fraction of sp³-hybridized carbons (Fsp3) is 0.318. The lowest BCUT2D eigenvalue weighted by Crippen LogP contribution is -2.43. The van der Waals surface area contributed by atoms with Crippen LogP contribution in [0.2, 0.25) is 0 Å². The van der Waals surface area contributed by atoms with Crippen molar-refractivity contribution in [2.24, 2.45) is 0 Å². The molecule has 0 spiro atoms. The van der Waals surface area contributed by atoms with Crippen LogP contribution < -0.4 is 5.69 Å². The first-order chi connectivity index (χ1) is 16.0. The van der Waals surface area contributed by atoms with Crippen LogP contribution in [0.25, 0.3) is 28.1 Å². The standard InChI is InChI=1S/C22H20N8O3/c1-14(31)29-18-12-24-20(16-11-25-28-10-3-2-6-17(16)28)26-21(18)30(22(29)33)15-5-4-9-27(13-15)19(32)7-8-23/h2-3,6,10-12,15H,4-5,7,9,13H2,1H3. The number of hydrogen-bond acceptors (Lipinski definition) is 7. The van der Waals surface area contributed by atoms with Crippen LogP contribution in [0.3, 0.4) is 0 Å². The number of carbonyl (C=O) groups excluding carboxylic acids is 2. The molecule has 0 saturated carbocycles. The molecular weight excluding hydrogens is 424 g/mol. The molecule has 166 valence electrons. The van der Waals surface area contributed by atoms with E-state index in [2.05, 4.69) is 15.1 Å². The summed E-state index contributed by atoms with van der Waals surface area (Å²) < 4.78 is 4.25. The fourth-order valence-electron chi connectivity index (χ4n) is 4.44. The number of aromatic nitrogens is 6. The van der Waals surface area contributed by atoms with Crippen molar-refractivity contribution in [1.82, 2.24) is 33.6 Å². The Kier molecular flexibility index (Phi) is 4.97. The summed E-state index contributed by atoms with van der Waals surface area (Å²) in [5.74, 6) is -0.331. The summed E-state index contributed by atoms with van der Waals surface area (Å²) in [5, 5.41) is 13.2. The Hall–Kier alpha value is -4.33. The molecule has 11 heteroatoms. The van der Waals surface area contributed by atoms with Crippen LogP contribution in [-0.4, -0.2) is 58.5 Å². The zero-order valence-corrected chi connectivity index (χ0v) is 17.9. The van der Waals surface area contributed by atoms with Crippen molar-refractivity contribution in [3.05, 3.63) is 47.3 Å². The Bertz CT molecular complexity index is 1510. The van der Waals surface area contributed by atoms with Gasteiger partial charge < -0.3 is 4.90 Å². The third-order valence-corrected chi connectivity index (χ3v) is 5.94. The van der Waals surface area contributed by atoms with Crippen molar-refractivity contribution < 1.29 is 9.59 Å². The van der Waals surface area contributed by atoms with Gasteiger partial charge >= 0.3 is 5.69 Å². The molecule has 1 amide bonds. The first kappa shape index (κ1) is 20.6. The molecule has 1 aliphatic rings. The topological polar surface area (TPSA) is 131 Å². The van der Waals surface area contributed by atoms with Crippen LogP contribution in [0.15, 0.2) is 41.6 Å². The van der Waals surface area contributed by atoms with Crippen LogP contribution in [0.5, 0.6) is 0 Å². The van der Waals surface area contributed by atoms with Gasteiger partial charge in [-0.2, -0.15) is 10.4 Å². The SMILES string of the molecule is CC(=O)n1c(=O)n(C2CCCN(C(=O)CC#N)C2)c2nc(-c3cnn4ccccc34)ncc21. The predicted octanol–water partition coefficient (Wildman–Crippen LogP) is 1.64. The molecule has 0 bridgehead atoms. The smallest absolute Gasteiger partial charge is 0.337 e. The van der Waals surface area contributed by atoms with E-state index >= 15 is 0 Å². The van der Waals surface area contributed by atoms with Crippen LogP contribution in [0.4, 0.5) is 0 Å². The first-order valence-corrected chi connectivity index (χ1v) is 10.6. The summed E-state index contributed by atoms with van der Waals surface area (Å²) in [6.45, 7) is 2.11. The Balaban J connectivity index is 1.66. The quantitative estimate of drug-likeness (QED) is 0.469. The lowest BCUT2D eigenvalue weighted by Gasteiger charge is -2.32. The zero-order valence-electron chi connectivity index (χ0n) is 17.9. The van der Waals surface area contributed by atoms with Crippen LogP contribution in [0, 0.1) is 11.3 Å². The molecule has 1 unspecified atom stereocenters.